The van der Waals surface area contributed by atoms with Gasteiger partial charge in [-0.05, 0) is 35.7 Å². The van der Waals surface area contributed by atoms with E-state index in [1.54, 1.807) is 30.6 Å². The molecular formula is C22H19FN4O2S2. The van der Waals surface area contributed by atoms with Gasteiger partial charge in [-0.2, -0.15) is 0 Å². The molecule has 1 amide bonds. The van der Waals surface area contributed by atoms with Crippen molar-refractivity contribution in [3.8, 4) is 22.1 Å². The van der Waals surface area contributed by atoms with E-state index in [0.717, 1.165) is 10.6 Å². The molecule has 2 heterocycles. The summed E-state index contributed by atoms with van der Waals surface area (Å²) in [4.78, 5) is 13.2. The van der Waals surface area contributed by atoms with Gasteiger partial charge in [0.25, 0.3) is 0 Å². The minimum absolute atomic E-state index is 0.176. The van der Waals surface area contributed by atoms with Gasteiger partial charge in [0.15, 0.2) is 11.0 Å². The Labute approximate surface area is 187 Å². The first-order chi connectivity index (χ1) is 15.2. The summed E-state index contributed by atoms with van der Waals surface area (Å²) in [5.41, 5.74) is 0.992. The van der Waals surface area contributed by atoms with E-state index in [-0.39, 0.29) is 18.0 Å². The van der Waals surface area contributed by atoms with Crippen LogP contribution in [0.1, 0.15) is 6.42 Å². The molecule has 0 radical (unpaired) electrons. The minimum Gasteiger partial charge on any atom is -0.495 e. The zero-order chi connectivity index (χ0) is 21.6. The van der Waals surface area contributed by atoms with Crippen molar-refractivity contribution in [3.63, 3.8) is 0 Å². The summed E-state index contributed by atoms with van der Waals surface area (Å²) in [6.07, 6.45) is 0.201. The fourth-order valence-electron chi connectivity index (χ4n) is 2.97. The van der Waals surface area contributed by atoms with Crippen molar-refractivity contribution < 1.29 is 13.9 Å². The van der Waals surface area contributed by atoms with E-state index < -0.39 is 5.82 Å². The van der Waals surface area contributed by atoms with Crippen molar-refractivity contribution in [1.82, 2.24) is 14.8 Å². The smallest absolute Gasteiger partial charge is 0.225 e. The zero-order valence-corrected chi connectivity index (χ0v) is 18.3. The summed E-state index contributed by atoms with van der Waals surface area (Å²) in [6.45, 7) is 0. The van der Waals surface area contributed by atoms with Gasteiger partial charge in [-0.25, -0.2) is 4.39 Å². The van der Waals surface area contributed by atoms with Gasteiger partial charge in [-0.3, -0.25) is 9.36 Å². The number of amides is 1. The number of nitrogens with zero attached hydrogens (tertiary/aromatic N) is 3. The first kappa shape index (κ1) is 21.1. The van der Waals surface area contributed by atoms with Gasteiger partial charge in [0.05, 0.1) is 23.4 Å². The molecule has 2 aromatic heterocycles. The number of halogens is 1. The van der Waals surface area contributed by atoms with E-state index in [4.69, 9.17) is 4.74 Å². The molecule has 0 bridgehead atoms. The van der Waals surface area contributed by atoms with E-state index >= 15 is 0 Å². The van der Waals surface area contributed by atoms with Gasteiger partial charge in [-0.1, -0.05) is 42.1 Å². The molecule has 0 saturated carbocycles. The number of carbonyl (C=O) groups is 1. The number of carbonyl (C=O) groups excluding carboxylic acids is 1. The number of para-hydroxylation sites is 3. The summed E-state index contributed by atoms with van der Waals surface area (Å²) in [5, 5.41) is 14.0. The van der Waals surface area contributed by atoms with E-state index in [9.17, 15) is 9.18 Å². The molecule has 1 N–H and O–H groups in total. The van der Waals surface area contributed by atoms with Gasteiger partial charge in [0, 0.05) is 12.2 Å². The third-order valence-corrected chi connectivity index (χ3v) is 6.21. The van der Waals surface area contributed by atoms with Crippen LogP contribution in [0.5, 0.6) is 5.75 Å². The lowest BCUT2D eigenvalue weighted by atomic mass is 10.3. The molecule has 4 aromatic rings. The maximum atomic E-state index is 13.7. The Hall–Kier alpha value is -3.17. The molecule has 6 nitrogen and oxygen atoms in total. The fourth-order valence-corrected chi connectivity index (χ4v) is 4.55. The second-order valence-electron chi connectivity index (χ2n) is 6.42. The molecule has 158 valence electrons. The van der Waals surface area contributed by atoms with Crippen LogP contribution < -0.4 is 10.1 Å². The standard InChI is InChI=1S/C22H19FN4O2S2/c1-29-18-10-5-4-9-17(18)27-21(19-11-6-13-30-19)25-26-22(27)31-14-12-20(28)24-16-8-3-2-7-15(16)23/h2-11,13H,12,14H2,1H3,(H,24,28). The fraction of sp³-hybridized carbons (Fsp3) is 0.136. The van der Waals surface area contributed by atoms with Crippen LogP contribution in [0.2, 0.25) is 0 Å². The molecule has 31 heavy (non-hydrogen) atoms. The first-order valence-corrected chi connectivity index (χ1v) is 11.3. The van der Waals surface area contributed by atoms with E-state index in [1.165, 1.54) is 23.9 Å². The lowest BCUT2D eigenvalue weighted by Crippen LogP contribution is -2.13. The predicted octanol–water partition coefficient (Wildman–Crippen LogP) is 5.26. The maximum Gasteiger partial charge on any atom is 0.225 e. The summed E-state index contributed by atoms with van der Waals surface area (Å²) in [5.74, 6) is 1.13. The Bertz CT molecular complexity index is 1180. The highest BCUT2D eigenvalue weighted by atomic mass is 32.2. The van der Waals surface area contributed by atoms with Crippen LogP contribution in [-0.2, 0) is 4.79 Å². The molecule has 0 saturated heterocycles. The Morgan fingerprint density at radius 3 is 2.71 bits per heavy atom. The van der Waals surface area contributed by atoms with Gasteiger partial charge in [-0.15, -0.1) is 21.5 Å². The van der Waals surface area contributed by atoms with Crippen molar-refractivity contribution in [1.29, 1.82) is 0 Å². The summed E-state index contributed by atoms with van der Waals surface area (Å²) >= 11 is 2.98. The van der Waals surface area contributed by atoms with Crippen molar-refractivity contribution in [2.24, 2.45) is 0 Å². The van der Waals surface area contributed by atoms with Gasteiger partial charge < -0.3 is 10.1 Å². The van der Waals surface area contributed by atoms with Crippen LogP contribution in [0.25, 0.3) is 16.4 Å². The molecule has 0 aliphatic rings. The second-order valence-corrected chi connectivity index (χ2v) is 8.43. The molecule has 0 atom stereocenters. The van der Waals surface area contributed by atoms with Crippen molar-refractivity contribution in [3.05, 3.63) is 71.9 Å². The number of methoxy groups -OCH3 is 1. The number of nitrogens with one attached hydrogen (secondary N) is 1. The average molecular weight is 455 g/mol. The molecule has 0 unspecified atom stereocenters. The average Bonchev–Trinajstić information content (AvgIpc) is 3.45. The number of thiophene rings is 1. The van der Waals surface area contributed by atoms with Crippen molar-refractivity contribution in [2.75, 3.05) is 18.2 Å². The van der Waals surface area contributed by atoms with Crippen LogP contribution in [0.15, 0.2) is 71.2 Å². The molecule has 9 heteroatoms. The number of hydrogen-bond donors (Lipinski definition) is 1. The molecule has 4 rings (SSSR count). The van der Waals surface area contributed by atoms with E-state index in [2.05, 4.69) is 15.5 Å². The highest BCUT2D eigenvalue weighted by Gasteiger charge is 2.19. The van der Waals surface area contributed by atoms with Crippen molar-refractivity contribution in [2.45, 2.75) is 11.6 Å². The van der Waals surface area contributed by atoms with E-state index in [1.807, 2.05) is 46.3 Å². The summed E-state index contributed by atoms with van der Waals surface area (Å²) in [7, 11) is 1.62. The molecular weight excluding hydrogens is 435 g/mol. The normalized spacial score (nSPS) is 10.8. The Balaban J connectivity index is 1.53. The lowest BCUT2D eigenvalue weighted by molar-refractivity contribution is -0.115. The number of rotatable bonds is 8. The van der Waals surface area contributed by atoms with Crippen LogP contribution in [-0.4, -0.2) is 33.5 Å². The number of thioether (sulfide) groups is 1. The maximum absolute atomic E-state index is 13.7. The molecule has 0 aliphatic heterocycles. The highest BCUT2D eigenvalue weighted by Crippen LogP contribution is 2.34. The predicted molar refractivity (Wildman–Crippen MR) is 122 cm³/mol. The third kappa shape index (κ3) is 4.78. The monoisotopic (exact) mass is 454 g/mol. The largest absolute Gasteiger partial charge is 0.495 e. The summed E-state index contributed by atoms with van der Waals surface area (Å²) in [6, 6.07) is 17.7. The van der Waals surface area contributed by atoms with Gasteiger partial charge in [0.1, 0.15) is 11.6 Å². The Kier molecular flexibility index (Phi) is 6.63. The highest BCUT2D eigenvalue weighted by molar-refractivity contribution is 7.99. The molecule has 0 fully saturated rings. The lowest BCUT2D eigenvalue weighted by Gasteiger charge is -2.13. The van der Waals surface area contributed by atoms with E-state index in [0.29, 0.717) is 22.5 Å². The summed E-state index contributed by atoms with van der Waals surface area (Å²) < 4.78 is 21.2. The minimum atomic E-state index is -0.458. The number of aromatic nitrogens is 3. The topological polar surface area (TPSA) is 69.0 Å². The van der Waals surface area contributed by atoms with Gasteiger partial charge in [0.2, 0.25) is 5.91 Å². The first-order valence-electron chi connectivity index (χ1n) is 9.47. The number of benzene rings is 2. The van der Waals surface area contributed by atoms with Crippen LogP contribution in [0.4, 0.5) is 10.1 Å². The Morgan fingerprint density at radius 1 is 1.13 bits per heavy atom. The number of anilines is 1. The Morgan fingerprint density at radius 2 is 1.94 bits per heavy atom. The van der Waals surface area contributed by atoms with Crippen LogP contribution >= 0.6 is 23.1 Å². The van der Waals surface area contributed by atoms with Crippen molar-refractivity contribution >= 4 is 34.7 Å². The molecule has 0 aliphatic carbocycles. The zero-order valence-electron chi connectivity index (χ0n) is 16.6. The second kappa shape index (κ2) is 9.76. The van der Waals surface area contributed by atoms with Gasteiger partial charge >= 0.3 is 0 Å². The molecule has 0 spiro atoms. The quantitative estimate of drug-likeness (QED) is 0.368. The number of hydrogen-bond acceptors (Lipinski definition) is 6. The third-order valence-electron chi connectivity index (χ3n) is 4.41. The number of ether oxygens (including phenoxy) is 1. The van der Waals surface area contributed by atoms with Crippen LogP contribution in [0, 0.1) is 5.82 Å². The SMILES string of the molecule is COc1ccccc1-n1c(SCCC(=O)Nc2ccccc2F)nnc1-c1cccs1. The molecule has 2 aromatic carbocycles. The van der Waals surface area contributed by atoms with Crippen LogP contribution in [0.3, 0.4) is 0 Å².